The molecule has 1 saturated heterocycles. The van der Waals surface area contributed by atoms with Gasteiger partial charge in [0.25, 0.3) is 0 Å². The molecule has 2 rings (SSSR count). The molecule has 1 N–H and O–H groups in total. The lowest BCUT2D eigenvalue weighted by molar-refractivity contribution is 0.0652. The summed E-state index contributed by atoms with van der Waals surface area (Å²) in [6.45, 7) is 1.84. The van der Waals surface area contributed by atoms with Gasteiger partial charge in [-0.1, -0.05) is 12.2 Å². The molecule has 2 nitrogen and oxygen atoms in total. The van der Waals surface area contributed by atoms with E-state index in [4.69, 9.17) is 4.74 Å². The van der Waals surface area contributed by atoms with Gasteiger partial charge < -0.3 is 9.84 Å². The maximum absolute atomic E-state index is 9.26. The van der Waals surface area contributed by atoms with E-state index in [2.05, 4.69) is 12.2 Å². The summed E-state index contributed by atoms with van der Waals surface area (Å²) >= 11 is 0. The Morgan fingerprint density at radius 1 is 1.60 bits per heavy atom. The molecule has 2 bridgehead atoms. The number of rotatable bonds is 1. The first kappa shape index (κ1) is 6.38. The summed E-state index contributed by atoms with van der Waals surface area (Å²) in [4.78, 5) is 0. The van der Waals surface area contributed by atoms with Crippen LogP contribution in [0.25, 0.3) is 0 Å². The molecule has 1 fully saturated rings. The normalized spacial score (nSPS) is 46.4. The van der Waals surface area contributed by atoms with Crippen LogP contribution in [0.15, 0.2) is 12.2 Å². The van der Waals surface area contributed by atoms with Gasteiger partial charge in [-0.2, -0.15) is 0 Å². The van der Waals surface area contributed by atoms with Crippen LogP contribution >= 0.6 is 0 Å². The number of fused-ring (bicyclic) bond motifs is 2. The third-order valence-electron chi connectivity index (χ3n) is 2.39. The lowest BCUT2D eigenvalue weighted by Gasteiger charge is -2.17. The van der Waals surface area contributed by atoms with Gasteiger partial charge in [0, 0.05) is 5.92 Å². The van der Waals surface area contributed by atoms with Crippen LogP contribution in [0.4, 0.5) is 0 Å². The van der Waals surface area contributed by atoms with Crippen LogP contribution in [0.1, 0.15) is 13.3 Å². The Labute approximate surface area is 60.5 Å². The Kier molecular flexibility index (Phi) is 1.32. The predicted molar refractivity (Wildman–Crippen MR) is 37.6 cm³/mol. The van der Waals surface area contributed by atoms with Gasteiger partial charge in [-0.15, -0.1) is 0 Å². The Hall–Kier alpha value is -0.340. The van der Waals surface area contributed by atoms with Crippen LogP contribution in [0.3, 0.4) is 0 Å². The topological polar surface area (TPSA) is 29.5 Å². The SMILES string of the molecule is CC(O)C1CC2C=CC1O2. The molecule has 2 heterocycles. The van der Waals surface area contributed by atoms with Crippen molar-refractivity contribution in [1.29, 1.82) is 0 Å². The summed E-state index contributed by atoms with van der Waals surface area (Å²) in [5, 5.41) is 9.26. The minimum atomic E-state index is -0.222. The number of hydrogen-bond donors (Lipinski definition) is 1. The van der Waals surface area contributed by atoms with E-state index in [1.165, 1.54) is 0 Å². The molecule has 0 aromatic heterocycles. The summed E-state index contributed by atoms with van der Waals surface area (Å²) in [5.41, 5.74) is 0. The molecule has 0 spiro atoms. The fourth-order valence-electron chi connectivity index (χ4n) is 1.78. The molecule has 0 aliphatic carbocycles. The van der Waals surface area contributed by atoms with Crippen LogP contribution in [0.2, 0.25) is 0 Å². The molecular weight excluding hydrogens is 128 g/mol. The highest BCUT2D eigenvalue weighted by atomic mass is 16.5. The van der Waals surface area contributed by atoms with Crippen LogP contribution in [-0.4, -0.2) is 23.4 Å². The molecule has 56 valence electrons. The third-order valence-corrected chi connectivity index (χ3v) is 2.39. The molecule has 2 heteroatoms. The quantitative estimate of drug-likeness (QED) is 0.543. The summed E-state index contributed by atoms with van der Waals surface area (Å²) in [6.07, 6.45) is 5.42. The van der Waals surface area contributed by atoms with E-state index in [-0.39, 0.29) is 12.2 Å². The zero-order valence-electron chi connectivity index (χ0n) is 6.03. The Morgan fingerprint density at radius 3 is 2.70 bits per heavy atom. The second-order valence-electron chi connectivity index (χ2n) is 3.16. The Morgan fingerprint density at radius 2 is 2.40 bits per heavy atom. The van der Waals surface area contributed by atoms with Crippen molar-refractivity contribution in [2.75, 3.05) is 0 Å². The molecule has 10 heavy (non-hydrogen) atoms. The first-order valence-electron chi connectivity index (χ1n) is 3.79. The molecular formula is C8H12O2. The van der Waals surface area contributed by atoms with Crippen molar-refractivity contribution in [2.45, 2.75) is 31.7 Å². The fraction of sp³-hybridized carbons (Fsp3) is 0.750. The molecule has 4 unspecified atom stereocenters. The van der Waals surface area contributed by atoms with Gasteiger partial charge in [0.1, 0.15) is 0 Å². The van der Waals surface area contributed by atoms with Gasteiger partial charge in [0.2, 0.25) is 0 Å². The molecule has 0 saturated carbocycles. The van der Waals surface area contributed by atoms with Gasteiger partial charge in [0.15, 0.2) is 0 Å². The summed E-state index contributed by atoms with van der Waals surface area (Å²) < 4.78 is 5.48. The third kappa shape index (κ3) is 0.796. The predicted octanol–water partition coefficient (Wildman–Crippen LogP) is 0.711. The highest BCUT2D eigenvalue weighted by Crippen LogP contribution is 2.35. The highest BCUT2D eigenvalue weighted by Gasteiger charge is 2.38. The lowest BCUT2D eigenvalue weighted by Crippen LogP contribution is -2.24. The van der Waals surface area contributed by atoms with E-state index < -0.39 is 0 Å². The van der Waals surface area contributed by atoms with Crippen molar-refractivity contribution in [3.8, 4) is 0 Å². The van der Waals surface area contributed by atoms with Gasteiger partial charge in [-0.3, -0.25) is 0 Å². The standard InChI is InChI=1S/C8H12O2/c1-5(9)7-4-6-2-3-8(7)10-6/h2-3,5-9H,4H2,1H3. The van der Waals surface area contributed by atoms with Crippen LogP contribution in [0, 0.1) is 5.92 Å². The van der Waals surface area contributed by atoms with Crippen LogP contribution < -0.4 is 0 Å². The van der Waals surface area contributed by atoms with E-state index in [0.29, 0.717) is 12.0 Å². The smallest absolute Gasteiger partial charge is 0.0818 e. The lowest BCUT2D eigenvalue weighted by atomic mass is 9.90. The molecule has 0 radical (unpaired) electrons. The van der Waals surface area contributed by atoms with E-state index >= 15 is 0 Å². The van der Waals surface area contributed by atoms with E-state index in [9.17, 15) is 5.11 Å². The number of aliphatic hydroxyl groups excluding tert-OH is 1. The Bertz CT molecular complexity index is 163. The first-order valence-corrected chi connectivity index (χ1v) is 3.79. The molecule has 2 aliphatic heterocycles. The first-order chi connectivity index (χ1) is 4.77. The maximum Gasteiger partial charge on any atom is 0.0818 e. The molecule has 0 aromatic carbocycles. The average molecular weight is 140 g/mol. The zero-order valence-corrected chi connectivity index (χ0v) is 6.03. The van der Waals surface area contributed by atoms with E-state index in [0.717, 1.165) is 6.42 Å². The van der Waals surface area contributed by atoms with E-state index in [1.807, 2.05) is 6.92 Å². The van der Waals surface area contributed by atoms with Crippen LogP contribution in [-0.2, 0) is 4.74 Å². The molecule has 0 amide bonds. The van der Waals surface area contributed by atoms with Crippen molar-refractivity contribution in [2.24, 2.45) is 5.92 Å². The molecule has 2 aliphatic rings. The number of aliphatic hydroxyl groups is 1. The number of ether oxygens (including phenoxy) is 1. The summed E-state index contributed by atoms with van der Waals surface area (Å²) in [7, 11) is 0. The molecule has 0 aromatic rings. The van der Waals surface area contributed by atoms with Crippen molar-refractivity contribution in [3.63, 3.8) is 0 Å². The maximum atomic E-state index is 9.26. The van der Waals surface area contributed by atoms with Crippen molar-refractivity contribution < 1.29 is 9.84 Å². The van der Waals surface area contributed by atoms with Crippen molar-refractivity contribution in [3.05, 3.63) is 12.2 Å². The van der Waals surface area contributed by atoms with Crippen LogP contribution in [0.5, 0.6) is 0 Å². The second kappa shape index (κ2) is 2.07. The van der Waals surface area contributed by atoms with Gasteiger partial charge in [0.05, 0.1) is 18.3 Å². The Balaban J connectivity index is 2.09. The average Bonchev–Trinajstić information content (AvgIpc) is 2.44. The molecule has 4 atom stereocenters. The minimum Gasteiger partial charge on any atom is -0.393 e. The monoisotopic (exact) mass is 140 g/mol. The van der Waals surface area contributed by atoms with Gasteiger partial charge in [-0.25, -0.2) is 0 Å². The van der Waals surface area contributed by atoms with Crippen molar-refractivity contribution >= 4 is 0 Å². The summed E-state index contributed by atoms with van der Waals surface area (Å²) in [5.74, 6) is 0.343. The second-order valence-corrected chi connectivity index (χ2v) is 3.16. The fourth-order valence-corrected chi connectivity index (χ4v) is 1.78. The minimum absolute atomic E-state index is 0.199. The van der Waals surface area contributed by atoms with Crippen molar-refractivity contribution in [1.82, 2.24) is 0 Å². The highest BCUT2D eigenvalue weighted by molar-refractivity contribution is 5.11. The van der Waals surface area contributed by atoms with Gasteiger partial charge in [-0.05, 0) is 13.3 Å². The zero-order chi connectivity index (χ0) is 7.14. The number of hydrogen-bond acceptors (Lipinski definition) is 2. The largest absolute Gasteiger partial charge is 0.393 e. The van der Waals surface area contributed by atoms with E-state index in [1.54, 1.807) is 0 Å². The summed E-state index contributed by atoms with van der Waals surface area (Å²) in [6, 6.07) is 0. The van der Waals surface area contributed by atoms with Gasteiger partial charge >= 0.3 is 0 Å².